The number of thioether (sulfide) groups is 1. The molecule has 2 amide bonds. The maximum Gasteiger partial charge on any atom is 0.254 e. The van der Waals surface area contributed by atoms with Crippen molar-refractivity contribution in [1.29, 1.82) is 0 Å². The van der Waals surface area contributed by atoms with Gasteiger partial charge in [0.25, 0.3) is 5.91 Å². The van der Waals surface area contributed by atoms with Crippen molar-refractivity contribution in [1.82, 2.24) is 10.2 Å². The van der Waals surface area contributed by atoms with E-state index in [0.29, 0.717) is 29.6 Å². The molecule has 1 saturated heterocycles. The lowest BCUT2D eigenvalue weighted by Crippen LogP contribution is -2.57. The number of nitrogens with one attached hydrogen (secondary N) is 2. The van der Waals surface area contributed by atoms with E-state index in [1.807, 2.05) is 94.4 Å². The molecule has 39 heavy (non-hydrogen) atoms. The third-order valence-electron chi connectivity index (χ3n) is 7.28. The minimum absolute atomic E-state index is 0.233. The number of aliphatic hydroxyl groups excluding tert-OH is 1. The molecule has 0 bridgehead atoms. The van der Waals surface area contributed by atoms with Gasteiger partial charge in [0, 0.05) is 11.3 Å². The maximum absolute atomic E-state index is 13.9. The van der Waals surface area contributed by atoms with Gasteiger partial charge in [-0.1, -0.05) is 78.3 Å². The second-order valence-electron chi connectivity index (χ2n) is 10.5. The summed E-state index contributed by atoms with van der Waals surface area (Å²) in [6.07, 6.45) is -1.01. The third-order valence-corrected chi connectivity index (χ3v) is 8.97. The molecule has 0 saturated carbocycles. The monoisotopic (exact) mass is 565 g/mol. The SMILES string of the molecule is Cc1ccccc1CNC(=O)[C@H]1N(C(=O)[C@@H](O)[C@H](Cc2ccccc2)Nc2c(C)cccc2Cl)CSC1(C)C. The predicted molar refractivity (Wildman–Crippen MR) is 160 cm³/mol. The summed E-state index contributed by atoms with van der Waals surface area (Å²) in [4.78, 5) is 28.9. The fraction of sp³-hybridized carbons (Fsp3) is 0.355. The fourth-order valence-corrected chi connectivity index (χ4v) is 6.37. The van der Waals surface area contributed by atoms with Crippen LogP contribution in [0.2, 0.25) is 5.02 Å². The number of nitrogens with zero attached hydrogens (tertiary/aromatic N) is 1. The number of hydrogen-bond donors (Lipinski definition) is 3. The Hall–Kier alpha value is -3.00. The number of rotatable bonds is 9. The van der Waals surface area contributed by atoms with Crippen molar-refractivity contribution in [3.05, 3.63) is 100 Å². The number of halogens is 1. The molecule has 1 aliphatic heterocycles. The zero-order chi connectivity index (χ0) is 28.2. The van der Waals surface area contributed by atoms with Gasteiger partial charge in [0.1, 0.15) is 6.04 Å². The van der Waals surface area contributed by atoms with Crippen LogP contribution < -0.4 is 10.6 Å². The number of amides is 2. The van der Waals surface area contributed by atoms with Crippen molar-refractivity contribution in [2.45, 2.75) is 63.6 Å². The van der Waals surface area contributed by atoms with Crippen LogP contribution in [0.15, 0.2) is 72.8 Å². The summed E-state index contributed by atoms with van der Waals surface area (Å²) in [6, 6.07) is 21.8. The van der Waals surface area contributed by atoms with E-state index in [1.54, 1.807) is 6.07 Å². The second-order valence-corrected chi connectivity index (χ2v) is 12.6. The van der Waals surface area contributed by atoms with Gasteiger partial charge in [-0.05, 0) is 62.4 Å². The Labute approximate surface area is 240 Å². The molecule has 3 atom stereocenters. The number of anilines is 1. The summed E-state index contributed by atoms with van der Waals surface area (Å²) in [5.74, 6) is -0.403. The highest BCUT2D eigenvalue weighted by molar-refractivity contribution is 8.00. The van der Waals surface area contributed by atoms with Crippen LogP contribution in [0.25, 0.3) is 0 Å². The van der Waals surface area contributed by atoms with E-state index >= 15 is 0 Å². The van der Waals surface area contributed by atoms with Crippen molar-refractivity contribution in [3.63, 3.8) is 0 Å². The molecular weight excluding hydrogens is 530 g/mol. The summed E-state index contributed by atoms with van der Waals surface area (Å²) in [6.45, 7) is 8.22. The molecule has 1 heterocycles. The standard InChI is InChI=1S/C31H36ClN3O3S/c1-20-11-8-9-15-23(20)18-33-29(37)28-31(3,4)39-19-35(28)30(38)27(36)25(17-22-13-6-5-7-14-22)34-26-21(2)12-10-16-24(26)32/h5-16,25,27-28,34,36H,17-19H2,1-4H3,(H,33,37)/t25-,27-,28+/m0/s1. The minimum Gasteiger partial charge on any atom is -0.381 e. The smallest absolute Gasteiger partial charge is 0.254 e. The fourth-order valence-electron chi connectivity index (χ4n) is 4.95. The van der Waals surface area contributed by atoms with Crippen LogP contribution >= 0.6 is 23.4 Å². The highest BCUT2D eigenvalue weighted by Gasteiger charge is 2.49. The molecule has 0 aliphatic carbocycles. The van der Waals surface area contributed by atoms with Crippen LogP contribution in [0.3, 0.4) is 0 Å². The van der Waals surface area contributed by atoms with Crippen LogP contribution in [-0.2, 0) is 22.6 Å². The summed E-state index contributed by atoms with van der Waals surface area (Å²) < 4.78 is -0.521. The molecule has 0 radical (unpaired) electrons. The van der Waals surface area contributed by atoms with Gasteiger partial charge in [0.05, 0.1) is 22.6 Å². The highest BCUT2D eigenvalue weighted by Crippen LogP contribution is 2.40. The number of hydrogen-bond acceptors (Lipinski definition) is 5. The van der Waals surface area contributed by atoms with Gasteiger partial charge < -0.3 is 20.6 Å². The van der Waals surface area contributed by atoms with Gasteiger partial charge in [-0.25, -0.2) is 0 Å². The number of para-hydroxylation sites is 1. The molecule has 0 aromatic heterocycles. The number of carbonyl (C=O) groups excluding carboxylic acids is 2. The van der Waals surface area contributed by atoms with E-state index in [1.165, 1.54) is 16.7 Å². The number of benzene rings is 3. The second kappa shape index (κ2) is 12.5. The Morgan fingerprint density at radius 1 is 1.03 bits per heavy atom. The van der Waals surface area contributed by atoms with E-state index in [-0.39, 0.29) is 5.91 Å². The zero-order valence-corrected chi connectivity index (χ0v) is 24.4. The van der Waals surface area contributed by atoms with Crippen molar-refractivity contribution in [3.8, 4) is 0 Å². The van der Waals surface area contributed by atoms with Crippen molar-refractivity contribution in [2.75, 3.05) is 11.2 Å². The maximum atomic E-state index is 13.9. The van der Waals surface area contributed by atoms with E-state index in [2.05, 4.69) is 10.6 Å². The molecule has 4 rings (SSSR count). The molecule has 3 N–H and O–H groups in total. The lowest BCUT2D eigenvalue weighted by atomic mass is 9.96. The average Bonchev–Trinajstić information content (AvgIpc) is 3.24. The van der Waals surface area contributed by atoms with Crippen molar-refractivity contribution in [2.24, 2.45) is 0 Å². The van der Waals surface area contributed by atoms with Crippen molar-refractivity contribution >= 4 is 40.9 Å². The molecule has 0 spiro atoms. The van der Waals surface area contributed by atoms with E-state index < -0.39 is 28.8 Å². The molecule has 1 aliphatic rings. The normalized spacial score (nSPS) is 17.9. The van der Waals surface area contributed by atoms with E-state index in [0.717, 1.165) is 22.3 Å². The third kappa shape index (κ3) is 6.78. The van der Waals surface area contributed by atoms with Gasteiger partial charge in [-0.2, -0.15) is 0 Å². The number of aryl methyl sites for hydroxylation is 2. The Morgan fingerprint density at radius 2 is 1.69 bits per heavy atom. The summed E-state index contributed by atoms with van der Waals surface area (Å²) in [5.41, 5.74) is 4.66. The minimum atomic E-state index is -1.40. The van der Waals surface area contributed by atoms with Gasteiger partial charge in [-0.3, -0.25) is 9.59 Å². The first-order chi connectivity index (χ1) is 18.6. The Bertz CT molecular complexity index is 1300. The zero-order valence-electron chi connectivity index (χ0n) is 22.8. The van der Waals surface area contributed by atoms with E-state index in [9.17, 15) is 14.7 Å². The predicted octanol–water partition coefficient (Wildman–Crippen LogP) is 5.34. The quantitative estimate of drug-likeness (QED) is 0.326. The van der Waals surface area contributed by atoms with Gasteiger partial charge in [0.2, 0.25) is 5.91 Å². The van der Waals surface area contributed by atoms with Crippen molar-refractivity contribution < 1.29 is 14.7 Å². The van der Waals surface area contributed by atoms with Crippen LogP contribution in [0, 0.1) is 13.8 Å². The molecule has 6 nitrogen and oxygen atoms in total. The lowest BCUT2D eigenvalue weighted by molar-refractivity contribution is -0.146. The first-order valence-corrected chi connectivity index (χ1v) is 14.4. The van der Waals surface area contributed by atoms with Gasteiger partial charge in [-0.15, -0.1) is 11.8 Å². The Kier molecular flexibility index (Phi) is 9.26. The van der Waals surface area contributed by atoms with Crippen LogP contribution in [0.5, 0.6) is 0 Å². The summed E-state index contributed by atoms with van der Waals surface area (Å²) in [7, 11) is 0. The average molecular weight is 566 g/mol. The Balaban J connectivity index is 1.57. The first kappa shape index (κ1) is 29.0. The lowest BCUT2D eigenvalue weighted by Gasteiger charge is -2.34. The van der Waals surface area contributed by atoms with Gasteiger partial charge in [0.15, 0.2) is 6.10 Å². The summed E-state index contributed by atoms with van der Waals surface area (Å²) >= 11 is 8.02. The molecule has 206 valence electrons. The first-order valence-electron chi connectivity index (χ1n) is 13.1. The molecule has 1 fully saturated rings. The molecule has 3 aromatic carbocycles. The molecule has 3 aromatic rings. The topological polar surface area (TPSA) is 81.7 Å². The largest absolute Gasteiger partial charge is 0.381 e. The molecular formula is C31H36ClN3O3S. The molecule has 0 unspecified atom stereocenters. The van der Waals surface area contributed by atoms with Gasteiger partial charge >= 0.3 is 0 Å². The Morgan fingerprint density at radius 3 is 2.38 bits per heavy atom. The van der Waals surface area contributed by atoms with E-state index in [4.69, 9.17) is 11.6 Å². The highest BCUT2D eigenvalue weighted by atomic mass is 35.5. The number of aliphatic hydroxyl groups is 1. The number of carbonyl (C=O) groups is 2. The van der Waals surface area contributed by atoms with Crippen LogP contribution in [-0.4, -0.2) is 50.6 Å². The molecule has 8 heteroatoms. The van der Waals surface area contributed by atoms with Crippen LogP contribution in [0.4, 0.5) is 5.69 Å². The van der Waals surface area contributed by atoms with Crippen LogP contribution in [0.1, 0.15) is 36.1 Å². The summed E-state index contributed by atoms with van der Waals surface area (Å²) in [5, 5.41) is 18.4.